The van der Waals surface area contributed by atoms with Crippen LogP contribution in [0.5, 0.6) is 0 Å². The quantitative estimate of drug-likeness (QED) is 0.517. The summed E-state index contributed by atoms with van der Waals surface area (Å²) in [5.74, 6) is 0.207. The lowest BCUT2D eigenvalue weighted by Gasteiger charge is -2.45. The van der Waals surface area contributed by atoms with Crippen LogP contribution in [0.1, 0.15) is 47.0 Å². The van der Waals surface area contributed by atoms with Gasteiger partial charge in [0.05, 0.1) is 4.92 Å². The molecule has 1 N–H and O–H groups in total. The van der Waals surface area contributed by atoms with Crippen LogP contribution < -0.4 is 5.32 Å². The van der Waals surface area contributed by atoms with Crippen molar-refractivity contribution < 1.29 is 4.92 Å². The van der Waals surface area contributed by atoms with Crippen LogP contribution in [0.25, 0.3) is 0 Å². The zero-order valence-corrected chi connectivity index (χ0v) is 13.6. The highest BCUT2D eigenvalue weighted by Gasteiger charge is 2.39. The molecule has 1 heterocycles. The number of hydrogen-bond donors (Lipinski definition) is 1. The fourth-order valence-corrected chi connectivity index (χ4v) is 3.87. The molecule has 0 saturated heterocycles. The number of nitrogens with one attached hydrogen (secondary N) is 1. The molecule has 116 valence electrons. The van der Waals surface area contributed by atoms with Crippen LogP contribution in [0.3, 0.4) is 0 Å². The van der Waals surface area contributed by atoms with E-state index in [1.54, 1.807) is 0 Å². The fourth-order valence-electron chi connectivity index (χ4n) is 3.74. The van der Waals surface area contributed by atoms with Crippen LogP contribution in [0, 0.1) is 20.9 Å². The van der Waals surface area contributed by atoms with E-state index in [9.17, 15) is 10.1 Å². The van der Waals surface area contributed by atoms with Crippen molar-refractivity contribution in [1.29, 1.82) is 0 Å². The minimum atomic E-state index is -0.488. The van der Waals surface area contributed by atoms with Crippen LogP contribution in [0.15, 0.2) is 6.20 Å². The molecule has 1 aliphatic carbocycles. The van der Waals surface area contributed by atoms with Crippen LogP contribution in [-0.2, 0) is 0 Å². The summed E-state index contributed by atoms with van der Waals surface area (Å²) in [6.07, 6.45) is 4.16. The van der Waals surface area contributed by atoms with Gasteiger partial charge in [0, 0.05) is 6.04 Å². The summed E-state index contributed by atoms with van der Waals surface area (Å²) in [6.45, 7) is 8.90. The molecule has 6 nitrogen and oxygen atoms in total. The van der Waals surface area contributed by atoms with Crippen LogP contribution in [0.2, 0.25) is 5.28 Å². The largest absolute Gasteiger partial charge is 0.361 e. The first kappa shape index (κ1) is 15.9. The Kier molecular flexibility index (Phi) is 4.10. The van der Waals surface area contributed by atoms with Gasteiger partial charge in [0.25, 0.3) is 0 Å². The highest BCUT2D eigenvalue weighted by atomic mass is 35.5. The molecule has 1 aliphatic rings. The van der Waals surface area contributed by atoms with Crippen LogP contribution in [-0.4, -0.2) is 20.9 Å². The Morgan fingerprint density at radius 2 is 1.90 bits per heavy atom. The molecule has 1 fully saturated rings. The lowest BCUT2D eigenvalue weighted by molar-refractivity contribution is -0.384. The van der Waals surface area contributed by atoms with Crippen molar-refractivity contribution in [3.8, 4) is 0 Å². The van der Waals surface area contributed by atoms with Gasteiger partial charge in [-0.05, 0) is 41.7 Å². The summed E-state index contributed by atoms with van der Waals surface area (Å²) in [5.41, 5.74) is 0.233. The van der Waals surface area contributed by atoms with E-state index >= 15 is 0 Å². The van der Waals surface area contributed by atoms with Gasteiger partial charge in [-0.3, -0.25) is 10.1 Å². The minimum Gasteiger partial charge on any atom is -0.361 e. The number of anilines is 1. The van der Waals surface area contributed by atoms with Gasteiger partial charge in [-0.2, -0.15) is 4.98 Å². The van der Waals surface area contributed by atoms with E-state index < -0.39 is 4.92 Å². The smallest absolute Gasteiger partial charge is 0.329 e. The van der Waals surface area contributed by atoms with Crippen molar-refractivity contribution in [3.63, 3.8) is 0 Å². The van der Waals surface area contributed by atoms with Crippen molar-refractivity contribution in [2.24, 2.45) is 10.8 Å². The zero-order valence-electron chi connectivity index (χ0n) is 12.8. The van der Waals surface area contributed by atoms with E-state index in [2.05, 4.69) is 43.0 Å². The predicted octanol–water partition coefficient (Wildman–Crippen LogP) is 4.06. The van der Waals surface area contributed by atoms with Gasteiger partial charge < -0.3 is 5.32 Å². The normalized spacial score (nSPS) is 21.0. The van der Waals surface area contributed by atoms with E-state index in [1.165, 1.54) is 0 Å². The summed E-state index contributed by atoms with van der Waals surface area (Å²) < 4.78 is 0. The molecule has 0 aliphatic heterocycles. The summed E-state index contributed by atoms with van der Waals surface area (Å²) >= 11 is 5.77. The lowest BCUT2D eigenvalue weighted by atomic mass is 9.63. The van der Waals surface area contributed by atoms with Crippen LogP contribution in [0.4, 0.5) is 11.5 Å². The Hall–Kier alpha value is -1.43. The molecule has 0 bridgehead atoms. The second kappa shape index (κ2) is 5.40. The Bertz CT molecular complexity index is 544. The third kappa shape index (κ3) is 4.03. The van der Waals surface area contributed by atoms with Gasteiger partial charge in [-0.1, -0.05) is 27.7 Å². The molecule has 7 heteroatoms. The maximum absolute atomic E-state index is 11.1. The molecule has 21 heavy (non-hydrogen) atoms. The Morgan fingerprint density at radius 3 is 2.43 bits per heavy atom. The molecule has 0 amide bonds. The summed E-state index contributed by atoms with van der Waals surface area (Å²) in [4.78, 5) is 18.3. The van der Waals surface area contributed by atoms with Crippen molar-refractivity contribution >= 4 is 23.1 Å². The number of nitro groups is 1. The molecule has 1 saturated carbocycles. The first-order valence-electron chi connectivity index (χ1n) is 7.01. The summed E-state index contributed by atoms with van der Waals surface area (Å²) in [6, 6.07) is 0.133. The average Bonchev–Trinajstić information content (AvgIpc) is 2.23. The second-order valence-corrected chi connectivity index (χ2v) is 7.72. The van der Waals surface area contributed by atoms with Crippen molar-refractivity contribution in [1.82, 2.24) is 9.97 Å². The Morgan fingerprint density at radius 1 is 1.33 bits per heavy atom. The maximum atomic E-state index is 11.1. The second-order valence-electron chi connectivity index (χ2n) is 7.38. The number of rotatable bonds is 3. The van der Waals surface area contributed by atoms with E-state index in [0.29, 0.717) is 0 Å². The third-order valence-electron chi connectivity index (χ3n) is 3.83. The van der Waals surface area contributed by atoms with E-state index in [-0.39, 0.29) is 33.7 Å². The summed E-state index contributed by atoms with van der Waals surface area (Å²) in [5, 5.41) is 14.3. The summed E-state index contributed by atoms with van der Waals surface area (Å²) in [7, 11) is 0. The average molecular weight is 313 g/mol. The van der Waals surface area contributed by atoms with E-state index in [4.69, 9.17) is 11.6 Å². The molecular formula is C14H21ClN4O2. The predicted molar refractivity (Wildman–Crippen MR) is 82.5 cm³/mol. The molecular weight excluding hydrogens is 292 g/mol. The molecule has 0 spiro atoms. The van der Waals surface area contributed by atoms with E-state index in [1.807, 2.05) is 0 Å². The lowest BCUT2D eigenvalue weighted by Crippen LogP contribution is -2.40. The molecule has 1 aromatic rings. The highest BCUT2D eigenvalue weighted by molar-refractivity contribution is 6.28. The van der Waals surface area contributed by atoms with Gasteiger partial charge in [0.15, 0.2) is 0 Å². The molecule has 2 rings (SSSR count). The van der Waals surface area contributed by atoms with Crippen molar-refractivity contribution in [3.05, 3.63) is 21.6 Å². The molecule has 0 aromatic carbocycles. The first-order chi connectivity index (χ1) is 9.58. The number of aromatic nitrogens is 2. The standard InChI is InChI=1S/C14H21ClN4O2/c1-13(2)5-9(6-14(3,4)8-13)17-11-10(19(20)21)7-16-12(15)18-11/h7,9H,5-6,8H2,1-4H3,(H,16,17,18). The molecule has 1 aromatic heterocycles. The monoisotopic (exact) mass is 312 g/mol. The molecule has 0 radical (unpaired) electrons. The van der Waals surface area contributed by atoms with Crippen molar-refractivity contribution in [2.45, 2.75) is 53.0 Å². The highest BCUT2D eigenvalue weighted by Crippen LogP contribution is 2.46. The maximum Gasteiger partial charge on any atom is 0.329 e. The molecule has 0 unspecified atom stereocenters. The number of halogens is 1. The van der Waals surface area contributed by atoms with Gasteiger partial charge in [0.2, 0.25) is 11.1 Å². The van der Waals surface area contributed by atoms with E-state index in [0.717, 1.165) is 25.5 Å². The molecule has 0 atom stereocenters. The number of nitrogens with zero attached hydrogens (tertiary/aromatic N) is 3. The van der Waals surface area contributed by atoms with Crippen molar-refractivity contribution in [2.75, 3.05) is 5.32 Å². The first-order valence-corrected chi connectivity index (χ1v) is 7.39. The van der Waals surface area contributed by atoms with Gasteiger partial charge >= 0.3 is 5.69 Å². The Labute approximate surface area is 129 Å². The fraction of sp³-hybridized carbons (Fsp3) is 0.714. The van der Waals surface area contributed by atoms with Crippen LogP contribution >= 0.6 is 11.6 Å². The Balaban J connectivity index is 2.25. The zero-order chi connectivity index (χ0) is 15.8. The topological polar surface area (TPSA) is 81.0 Å². The SMILES string of the molecule is CC1(C)CC(Nc2nc(Cl)ncc2[N+](=O)[O-])CC(C)(C)C1. The third-order valence-corrected chi connectivity index (χ3v) is 4.01. The van der Waals surface area contributed by atoms with Gasteiger partial charge in [0.1, 0.15) is 6.20 Å². The minimum absolute atomic E-state index is 0.0115. The van der Waals surface area contributed by atoms with Gasteiger partial charge in [-0.25, -0.2) is 4.98 Å². The number of hydrogen-bond acceptors (Lipinski definition) is 5. The van der Waals surface area contributed by atoms with Gasteiger partial charge in [-0.15, -0.1) is 0 Å².